The van der Waals surface area contributed by atoms with E-state index in [1.165, 1.54) is 25.3 Å². The molecule has 0 radical (unpaired) electrons. The van der Waals surface area contributed by atoms with Gasteiger partial charge in [0.15, 0.2) is 0 Å². The summed E-state index contributed by atoms with van der Waals surface area (Å²) in [7, 11) is 0. The average Bonchev–Trinajstić information content (AvgIpc) is 2.37. The SMILES string of the molecule is Cc1ccc(NCC(=O)N2CCCCCCC2)c(F)c1. The fraction of sp³-hybridized carbons (Fsp3) is 0.562. The first-order chi connectivity index (χ1) is 9.66. The van der Waals surface area contributed by atoms with Crippen LogP contribution < -0.4 is 5.32 Å². The summed E-state index contributed by atoms with van der Waals surface area (Å²) < 4.78 is 13.7. The molecule has 0 atom stereocenters. The quantitative estimate of drug-likeness (QED) is 0.919. The first-order valence-corrected chi connectivity index (χ1v) is 7.44. The van der Waals surface area contributed by atoms with E-state index in [-0.39, 0.29) is 18.3 Å². The van der Waals surface area contributed by atoms with E-state index in [9.17, 15) is 9.18 Å². The van der Waals surface area contributed by atoms with Gasteiger partial charge in [-0.1, -0.05) is 25.3 Å². The van der Waals surface area contributed by atoms with Crippen LogP contribution in [0.1, 0.15) is 37.7 Å². The van der Waals surface area contributed by atoms with Crippen molar-refractivity contribution in [2.75, 3.05) is 25.0 Å². The van der Waals surface area contributed by atoms with Crippen molar-refractivity contribution in [3.63, 3.8) is 0 Å². The van der Waals surface area contributed by atoms with Crippen LogP contribution in [0.15, 0.2) is 18.2 Å². The van der Waals surface area contributed by atoms with Gasteiger partial charge in [0.05, 0.1) is 12.2 Å². The highest BCUT2D eigenvalue weighted by Gasteiger charge is 2.14. The minimum atomic E-state index is -0.300. The molecule has 1 amide bonds. The summed E-state index contributed by atoms with van der Waals surface area (Å²) in [6.07, 6.45) is 5.82. The minimum absolute atomic E-state index is 0.0619. The Morgan fingerprint density at radius 2 is 1.85 bits per heavy atom. The van der Waals surface area contributed by atoms with E-state index >= 15 is 0 Å². The molecular formula is C16H23FN2O. The normalized spacial score (nSPS) is 16.4. The van der Waals surface area contributed by atoms with Crippen molar-refractivity contribution in [1.82, 2.24) is 4.90 Å². The average molecular weight is 278 g/mol. The second-order valence-corrected chi connectivity index (χ2v) is 5.49. The van der Waals surface area contributed by atoms with Gasteiger partial charge in [0.1, 0.15) is 5.82 Å². The van der Waals surface area contributed by atoms with E-state index in [0.717, 1.165) is 31.5 Å². The van der Waals surface area contributed by atoms with Gasteiger partial charge >= 0.3 is 0 Å². The van der Waals surface area contributed by atoms with Crippen molar-refractivity contribution < 1.29 is 9.18 Å². The van der Waals surface area contributed by atoms with Gasteiger partial charge in [0.25, 0.3) is 0 Å². The summed E-state index contributed by atoms with van der Waals surface area (Å²) >= 11 is 0. The minimum Gasteiger partial charge on any atom is -0.374 e. The zero-order valence-corrected chi connectivity index (χ0v) is 12.1. The zero-order valence-electron chi connectivity index (χ0n) is 12.1. The van der Waals surface area contributed by atoms with Gasteiger partial charge in [-0.15, -0.1) is 0 Å². The van der Waals surface area contributed by atoms with E-state index in [2.05, 4.69) is 5.32 Å². The second kappa shape index (κ2) is 7.27. The molecule has 2 rings (SSSR count). The lowest BCUT2D eigenvalue weighted by atomic mass is 10.1. The van der Waals surface area contributed by atoms with E-state index in [0.29, 0.717) is 5.69 Å². The van der Waals surface area contributed by atoms with Crippen LogP contribution in [-0.2, 0) is 4.79 Å². The van der Waals surface area contributed by atoms with Gasteiger partial charge in [0, 0.05) is 13.1 Å². The molecule has 1 N–H and O–H groups in total. The predicted octanol–water partition coefficient (Wildman–Crippen LogP) is 3.34. The summed E-state index contributed by atoms with van der Waals surface area (Å²) in [5.41, 5.74) is 1.28. The monoisotopic (exact) mass is 278 g/mol. The lowest BCUT2D eigenvalue weighted by Gasteiger charge is -2.25. The molecular weight excluding hydrogens is 255 g/mol. The highest BCUT2D eigenvalue weighted by Crippen LogP contribution is 2.15. The lowest BCUT2D eigenvalue weighted by Crippen LogP contribution is -2.37. The van der Waals surface area contributed by atoms with Gasteiger partial charge in [-0.25, -0.2) is 4.39 Å². The largest absolute Gasteiger partial charge is 0.374 e. The van der Waals surface area contributed by atoms with Crippen molar-refractivity contribution >= 4 is 11.6 Å². The lowest BCUT2D eigenvalue weighted by molar-refractivity contribution is -0.129. The molecule has 4 heteroatoms. The maximum atomic E-state index is 13.7. The number of anilines is 1. The molecule has 1 aromatic carbocycles. The molecule has 1 aliphatic rings. The van der Waals surface area contributed by atoms with E-state index in [4.69, 9.17) is 0 Å². The van der Waals surface area contributed by atoms with E-state index in [1.54, 1.807) is 6.07 Å². The number of halogens is 1. The maximum absolute atomic E-state index is 13.7. The maximum Gasteiger partial charge on any atom is 0.241 e. The molecule has 110 valence electrons. The summed E-state index contributed by atoms with van der Waals surface area (Å²) in [5, 5.41) is 2.91. The number of rotatable bonds is 3. The van der Waals surface area contributed by atoms with Crippen LogP contribution in [0.25, 0.3) is 0 Å². The Morgan fingerprint density at radius 1 is 1.20 bits per heavy atom. The van der Waals surface area contributed by atoms with Crippen molar-refractivity contribution in [2.45, 2.75) is 39.0 Å². The molecule has 0 aliphatic carbocycles. The Labute approximate surface area is 120 Å². The number of carbonyl (C=O) groups excluding carboxylic acids is 1. The zero-order chi connectivity index (χ0) is 14.4. The number of hydrogen-bond acceptors (Lipinski definition) is 2. The summed E-state index contributed by atoms with van der Waals surface area (Å²) in [6, 6.07) is 5.00. The van der Waals surface area contributed by atoms with Crippen LogP contribution in [0.3, 0.4) is 0 Å². The third-order valence-electron chi connectivity index (χ3n) is 3.76. The number of aryl methyl sites for hydroxylation is 1. The fourth-order valence-electron chi connectivity index (χ4n) is 2.54. The Hall–Kier alpha value is -1.58. The Morgan fingerprint density at radius 3 is 2.50 bits per heavy atom. The molecule has 1 heterocycles. The van der Waals surface area contributed by atoms with E-state index < -0.39 is 0 Å². The second-order valence-electron chi connectivity index (χ2n) is 5.49. The first kappa shape index (κ1) is 14.8. The van der Waals surface area contributed by atoms with Crippen molar-refractivity contribution in [3.8, 4) is 0 Å². The van der Waals surface area contributed by atoms with Gasteiger partial charge in [-0.2, -0.15) is 0 Å². The number of amides is 1. The van der Waals surface area contributed by atoms with Gasteiger partial charge in [-0.05, 0) is 37.5 Å². The summed E-state index contributed by atoms with van der Waals surface area (Å²) in [4.78, 5) is 14.1. The van der Waals surface area contributed by atoms with Crippen LogP contribution in [0, 0.1) is 12.7 Å². The van der Waals surface area contributed by atoms with Crippen molar-refractivity contribution in [2.24, 2.45) is 0 Å². The molecule has 1 fully saturated rings. The number of carbonyl (C=O) groups is 1. The molecule has 1 saturated heterocycles. The van der Waals surface area contributed by atoms with Crippen LogP contribution in [0.5, 0.6) is 0 Å². The van der Waals surface area contributed by atoms with Crippen LogP contribution in [0.4, 0.5) is 10.1 Å². The highest BCUT2D eigenvalue weighted by atomic mass is 19.1. The Bertz CT molecular complexity index is 454. The fourth-order valence-corrected chi connectivity index (χ4v) is 2.54. The third kappa shape index (κ3) is 4.22. The van der Waals surface area contributed by atoms with E-state index in [1.807, 2.05) is 17.9 Å². The predicted molar refractivity (Wildman–Crippen MR) is 79.3 cm³/mol. The van der Waals surface area contributed by atoms with Crippen molar-refractivity contribution in [1.29, 1.82) is 0 Å². The van der Waals surface area contributed by atoms with Gasteiger partial charge < -0.3 is 10.2 Å². The third-order valence-corrected chi connectivity index (χ3v) is 3.76. The number of hydrogen-bond donors (Lipinski definition) is 1. The standard InChI is InChI=1S/C16H23FN2O/c1-13-7-8-15(14(17)11-13)18-12-16(20)19-9-5-3-2-4-6-10-19/h7-8,11,18H,2-6,9-10,12H2,1H3. The summed E-state index contributed by atoms with van der Waals surface area (Å²) in [6.45, 7) is 3.67. The first-order valence-electron chi connectivity index (χ1n) is 7.44. The molecule has 3 nitrogen and oxygen atoms in total. The molecule has 0 spiro atoms. The number of likely N-dealkylation sites (tertiary alicyclic amines) is 1. The van der Waals surface area contributed by atoms with Crippen LogP contribution >= 0.6 is 0 Å². The molecule has 20 heavy (non-hydrogen) atoms. The molecule has 0 aromatic heterocycles. The van der Waals surface area contributed by atoms with Crippen LogP contribution in [0.2, 0.25) is 0 Å². The Balaban J connectivity index is 1.87. The van der Waals surface area contributed by atoms with Crippen LogP contribution in [-0.4, -0.2) is 30.4 Å². The molecule has 0 bridgehead atoms. The molecule has 1 aromatic rings. The molecule has 0 unspecified atom stereocenters. The van der Waals surface area contributed by atoms with Gasteiger partial charge in [-0.3, -0.25) is 4.79 Å². The number of nitrogens with zero attached hydrogens (tertiary/aromatic N) is 1. The Kier molecular flexibility index (Phi) is 5.39. The number of benzene rings is 1. The summed E-state index contributed by atoms with van der Waals surface area (Å²) in [5.74, 6) is -0.239. The highest BCUT2D eigenvalue weighted by molar-refractivity contribution is 5.80. The molecule has 1 aliphatic heterocycles. The molecule has 0 saturated carbocycles. The smallest absolute Gasteiger partial charge is 0.241 e. The topological polar surface area (TPSA) is 32.3 Å². The van der Waals surface area contributed by atoms with Crippen molar-refractivity contribution in [3.05, 3.63) is 29.6 Å². The number of nitrogens with one attached hydrogen (secondary N) is 1. The van der Waals surface area contributed by atoms with Gasteiger partial charge in [0.2, 0.25) is 5.91 Å².